The molecule has 2 N–H and O–H groups in total. The average molecular weight is 390 g/mol. The first kappa shape index (κ1) is 20.3. The Balaban J connectivity index is 1.51. The lowest BCUT2D eigenvalue weighted by atomic mass is 10.0. The van der Waals surface area contributed by atoms with E-state index in [1.807, 2.05) is 57.2 Å². The molecule has 150 valence electrons. The topological polar surface area (TPSA) is 76.0 Å². The zero-order valence-electron chi connectivity index (χ0n) is 17.0. The number of nitrogens with one attached hydrogen (secondary N) is 2. The minimum absolute atomic E-state index is 0.0217. The van der Waals surface area contributed by atoms with Crippen molar-refractivity contribution in [3.63, 3.8) is 0 Å². The zero-order valence-corrected chi connectivity index (χ0v) is 17.0. The maximum atomic E-state index is 12.1. The molecule has 1 atom stereocenters. The fraction of sp³-hybridized carbons (Fsp3) is 0.261. The summed E-state index contributed by atoms with van der Waals surface area (Å²) in [5, 5.41) is 9.58. The number of nitrogens with zero attached hydrogens (tertiary/aromatic N) is 2. The highest BCUT2D eigenvalue weighted by atomic mass is 16.2. The molecular weight excluding hydrogens is 364 g/mol. The molecule has 3 rings (SSSR count). The highest BCUT2D eigenvalue weighted by Gasteiger charge is 2.16. The van der Waals surface area contributed by atoms with Gasteiger partial charge in [-0.3, -0.25) is 14.3 Å². The molecule has 0 radical (unpaired) electrons. The number of carbonyl (C=O) groups excluding carboxylic acids is 2. The van der Waals surface area contributed by atoms with Gasteiger partial charge < -0.3 is 10.6 Å². The van der Waals surface area contributed by atoms with Crippen molar-refractivity contribution >= 4 is 17.6 Å². The highest BCUT2D eigenvalue weighted by molar-refractivity contribution is 6.39. The second kappa shape index (κ2) is 9.19. The van der Waals surface area contributed by atoms with Crippen molar-refractivity contribution in [1.29, 1.82) is 0 Å². The third-order valence-electron chi connectivity index (χ3n) is 4.91. The molecule has 2 aromatic carbocycles. The van der Waals surface area contributed by atoms with Crippen molar-refractivity contribution < 1.29 is 9.59 Å². The summed E-state index contributed by atoms with van der Waals surface area (Å²) in [4.78, 5) is 24.2. The number of hydrogen-bond donors (Lipinski definition) is 2. The van der Waals surface area contributed by atoms with E-state index in [0.29, 0.717) is 18.8 Å². The van der Waals surface area contributed by atoms with Gasteiger partial charge in [0.2, 0.25) is 0 Å². The van der Waals surface area contributed by atoms with E-state index in [2.05, 4.69) is 27.9 Å². The predicted octanol–water partition coefficient (Wildman–Crippen LogP) is 3.41. The van der Waals surface area contributed by atoms with Crippen LogP contribution in [0.4, 0.5) is 5.82 Å². The second-order valence-electron chi connectivity index (χ2n) is 7.16. The third-order valence-corrected chi connectivity index (χ3v) is 4.91. The van der Waals surface area contributed by atoms with Gasteiger partial charge in [0.1, 0.15) is 0 Å². The van der Waals surface area contributed by atoms with Crippen molar-refractivity contribution in [2.45, 2.75) is 33.2 Å². The Bertz CT molecular complexity index is 995. The van der Waals surface area contributed by atoms with E-state index in [4.69, 9.17) is 0 Å². The molecule has 1 heterocycles. The summed E-state index contributed by atoms with van der Waals surface area (Å²) in [5.74, 6) is -1.04. The number of amides is 2. The van der Waals surface area contributed by atoms with Gasteiger partial charge in [0.15, 0.2) is 5.82 Å². The third kappa shape index (κ3) is 5.31. The van der Waals surface area contributed by atoms with Crippen LogP contribution < -0.4 is 10.6 Å². The molecule has 0 fully saturated rings. The fourth-order valence-corrected chi connectivity index (χ4v) is 3.20. The van der Waals surface area contributed by atoms with Crippen LogP contribution in [0.25, 0.3) is 0 Å². The van der Waals surface area contributed by atoms with Gasteiger partial charge in [-0.15, -0.1) is 0 Å². The molecule has 0 aliphatic heterocycles. The molecule has 6 nitrogen and oxygen atoms in total. The largest absolute Gasteiger partial charge is 0.347 e. The number of carbonyl (C=O) groups is 2. The normalized spacial score (nSPS) is 11.7. The minimum atomic E-state index is -0.719. The molecule has 0 bridgehead atoms. The van der Waals surface area contributed by atoms with E-state index < -0.39 is 11.8 Å². The maximum Gasteiger partial charge on any atom is 0.314 e. The van der Waals surface area contributed by atoms with E-state index in [1.54, 1.807) is 16.9 Å². The van der Waals surface area contributed by atoms with Crippen LogP contribution in [0.3, 0.4) is 0 Å². The summed E-state index contributed by atoms with van der Waals surface area (Å²) in [6, 6.07) is 17.9. The van der Waals surface area contributed by atoms with Crippen molar-refractivity contribution in [3.8, 4) is 0 Å². The Morgan fingerprint density at radius 2 is 1.79 bits per heavy atom. The highest BCUT2D eigenvalue weighted by Crippen LogP contribution is 2.17. The summed E-state index contributed by atoms with van der Waals surface area (Å²) >= 11 is 0. The van der Waals surface area contributed by atoms with E-state index in [9.17, 15) is 9.59 Å². The number of anilines is 1. The predicted molar refractivity (Wildman–Crippen MR) is 114 cm³/mol. The Morgan fingerprint density at radius 3 is 2.52 bits per heavy atom. The molecule has 1 aromatic heterocycles. The van der Waals surface area contributed by atoms with Gasteiger partial charge in [0, 0.05) is 18.8 Å². The molecular formula is C23H26N4O2. The van der Waals surface area contributed by atoms with Gasteiger partial charge in [-0.1, -0.05) is 54.1 Å². The first-order valence-corrected chi connectivity index (χ1v) is 9.69. The van der Waals surface area contributed by atoms with E-state index >= 15 is 0 Å². The Labute approximate surface area is 170 Å². The number of rotatable bonds is 6. The lowest BCUT2D eigenvalue weighted by Crippen LogP contribution is -2.36. The van der Waals surface area contributed by atoms with Crippen LogP contribution in [0.15, 0.2) is 60.8 Å². The smallest absolute Gasteiger partial charge is 0.314 e. The lowest BCUT2D eigenvalue weighted by molar-refractivity contribution is -0.136. The second-order valence-corrected chi connectivity index (χ2v) is 7.16. The molecule has 6 heteroatoms. The number of aromatic nitrogens is 2. The molecule has 2 amide bonds. The molecule has 0 unspecified atom stereocenters. The summed E-state index contributed by atoms with van der Waals surface area (Å²) in [6.45, 7) is 6.51. The molecule has 3 aromatic rings. The summed E-state index contributed by atoms with van der Waals surface area (Å²) < 4.78 is 1.75. The average Bonchev–Trinajstić information content (AvgIpc) is 3.18. The number of benzene rings is 2. The lowest BCUT2D eigenvalue weighted by Gasteiger charge is -2.12. The first-order chi connectivity index (χ1) is 13.9. The number of aryl methyl sites for hydroxylation is 2. The minimum Gasteiger partial charge on any atom is -0.347 e. The summed E-state index contributed by atoms with van der Waals surface area (Å²) in [5.41, 5.74) is 4.65. The van der Waals surface area contributed by atoms with Crippen LogP contribution >= 0.6 is 0 Å². The van der Waals surface area contributed by atoms with Crippen LogP contribution in [-0.4, -0.2) is 28.1 Å². The van der Waals surface area contributed by atoms with Crippen molar-refractivity contribution in [3.05, 3.63) is 83.0 Å². The monoisotopic (exact) mass is 390 g/mol. The standard InChI is InChI=1S/C23H26N4O2/c1-16-9-10-19(17(2)15-16)11-13-24-22(28)23(29)25-21-12-14-27(26-21)18(3)20-7-5-4-6-8-20/h4-10,12,14-15,18H,11,13H2,1-3H3,(H,24,28)(H,25,26,29)/t18-/m0/s1. The molecule has 29 heavy (non-hydrogen) atoms. The fourth-order valence-electron chi connectivity index (χ4n) is 3.20. The SMILES string of the molecule is Cc1ccc(CCNC(=O)C(=O)Nc2ccn([C@@H](C)c3ccccc3)n2)c(C)c1. The van der Waals surface area contributed by atoms with E-state index in [1.165, 1.54) is 11.1 Å². The Hall–Kier alpha value is -3.41. The van der Waals surface area contributed by atoms with Gasteiger partial charge in [-0.2, -0.15) is 5.10 Å². The van der Waals surface area contributed by atoms with E-state index in [-0.39, 0.29) is 6.04 Å². The Kier molecular flexibility index (Phi) is 6.44. The summed E-state index contributed by atoms with van der Waals surface area (Å²) in [6.07, 6.45) is 2.46. The van der Waals surface area contributed by atoms with Gasteiger partial charge in [-0.25, -0.2) is 0 Å². The number of hydrogen-bond acceptors (Lipinski definition) is 3. The van der Waals surface area contributed by atoms with Gasteiger partial charge >= 0.3 is 11.8 Å². The quantitative estimate of drug-likeness (QED) is 0.634. The molecule has 0 aliphatic carbocycles. The molecule has 0 aliphatic rings. The van der Waals surface area contributed by atoms with Crippen molar-refractivity contribution in [2.24, 2.45) is 0 Å². The van der Waals surface area contributed by atoms with Gasteiger partial charge in [0.25, 0.3) is 0 Å². The van der Waals surface area contributed by atoms with Crippen molar-refractivity contribution in [1.82, 2.24) is 15.1 Å². The van der Waals surface area contributed by atoms with Crippen molar-refractivity contribution in [2.75, 3.05) is 11.9 Å². The van der Waals surface area contributed by atoms with Crippen LogP contribution in [-0.2, 0) is 16.0 Å². The van der Waals surface area contributed by atoms with E-state index in [0.717, 1.165) is 11.1 Å². The van der Waals surface area contributed by atoms with Crippen LogP contribution in [0.1, 0.15) is 35.2 Å². The first-order valence-electron chi connectivity index (χ1n) is 9.69. The maximum absolute atomic E-state index is 12.1. The molecule has 0 saturated carbocycles. The molecule has 0 spiro atoms. The summed E-state index contributed by atoms with van der Waals surface area (Å²) in [7, 11) is 0. The van der Waals surface area contributed by atoms with Gasteiger partial charge in [-0.05, 0) is 43.9 Å². The Morgan fingerprint density at radius 1 is 1.03 bits per heavy atom. The molecule has 0 saturated heterocycles. The van der Waals surface area contributed by atoms with Crippen LogP contribution in [0.5, 0.6) is 0 Å². The van der Waals surface area contributed by atoms with Crippen LogP contribution in [0, 0.1) is 13.8 Å². The zero-order chi connectivity index (χ0) is 20.8. The van der Waals surface area contributed by atoms with Gasteiger partial charge in [0.05, 0.1) is 6.04 Å². The van der Waals surface area contributed by atoms with Crippen LogP contribution in [0.2, 0.25) is 0 Å².